The molecule has 9 heteroatoms. The molecule has 33 heavy (non-hydrogen) atoms. The van der Waals surface area contributed by atoms with Crippen molar-refractivity contribution in [3.63, 3.8) is 0 Å². The SMILES string of the molecule is COc1ccn2nc(N(CCCCN3CCN(c4ccccc4OC)CC3)C(N)=O)cc2c1. The van der Waals surface area contributed by atoms with Crippen molar-refractivity contribution < 1.29 is 14.3 Å². The first kappa shape index (κ1) is 22.7. The Bertz CT molecular complexity index is 1080. The number of fused-ring (bicyclic) bond motifs is 1. The zero-order valence-electron chi connectivity index (χ0n) is 19.3. The number of carbonyl (C=O) groups excluding carboxylic acids is 1. The third-order valence-electron chi connectivity index (χ3n) is 6.10. The zero-order chi connectivity index (χ0) is 23.2. The molecule has 2 N–H and O–H groups in total. The summed E-state index contributed by atoms with van der Waals surface area (Å²) in [5.74, 6) is 2.22. The molecule has 0 radical (unpaired) electrons. The number of pyridine rings is 1. The smallest absolute Gasteiger partial charge is 0.320 e. The number of hydrogen-bond donors (Lipinski definition) is 1. The molecule has 0 bridgehead atoms. The predicted octanol–water partition coefficient (Wildman–Crippen LogP) is 2.84. The van der Waals surface area contributed by atoms with Crippen molar-refractivity contribution in [1.29, 1.82) is 0 Å². The molecule has 9 nitrogen and oxygen atoms in total. The number of para-hydroxylation sites is 2. The van der Waals surface area contributed by atoms with Gasteiger partial charge in [-0.15, -0.1) is 5.10 Å². The number of nitrogens with zero attached hydrogens (tertiary/aromatic N) is 5. The number of amides is 2. The maximum atomic E-state index is 12.1. The van der Waals surface area contributed by atoms with Crippen molar-refractivity contribution in [2.75, 3.05) is 63.3 Å². The molecule has 0 saturated carbocycles. The van der Waals surface area contributed by atoms with Gasteiger partial charge in [0.1, 0.15) is 11.5 Å². The average Bonchev–Trinajstić information content (AvgIpc) is 3.26. The molecule has 2 amide bonds. The summed E-state index contributed by atoms with van der Waals surface area (Å²) in [7, 11) is 3.34. The molecule has 1 fully saturated rings. The second kappa shape index (κ2) is 10.4. The van der Waals surface area contributed by atoms with Crippen molar-refractivity contribution >= 4 is 23.1 Å². The molecular formula is C24H32N6O3. The number of anilines is 2. The lowest BCUT2D eigenvalue weighted by molar-refractivity contribution is 0.248. The second-order valence-corrected chi connectivity index (χ2v) is 8.14. The largest absolute Gasteiger partial charge is 0.497 e. The van der Waals surface area contributed by atoms with Gasteiger partial charge in [-0.2, -0.15) is 0 Å². The Hall–Kier alpha value is -3.46. The zero-order valence-corrected chi connectivity index (χ0v) is 19.3. The Morgan fingerprint density at radius 2 is 1.85 bits per heavy atom. The molecule has 176 valence electrons. The van der Waals surface area contributed by atoms with E-state index in [1.807, 2.05) is 42.6 Å². The molecule has 4 rings (SSSR count). The predicted molar refractivity (Wildman–Crippen MR) is 130 cm³/mol. The van der Waals surface area contributed by atoms with Crippen LogP contribution in [0.1, 0.15) is 12.8 Å². The third kappa shape index (κ3) is 5.31. The third-order valence-corrected chi connectivity index (χ3v) is 6.10. The molecule has 1 aliphatic rings. The number of primary amides is 1. The van der Waals surface area contributed by atoms with Gasteiger partial charge in [0.2, 0.25) is 0 Å². The molecule has 1 aliphatic heterocycles. The number of hydrogen-bond acceptors (Lipinski definition) is 6. The van der Waals surface area contributed by atoms with Crippen LogP contribution in [0.3, 0.4) is 0 Å². The van der Waals surface area contributed by atoms with Crippen LogP contribution >= 0.6 is 0 Å². The Morgan fingerprint density at radius 3 is 2.58 bits per heavy atom. The van der Waals surface area contributed by atoms with Crippen LogP contribution in [-0.4, -0.2) is 74.0 Å². The van der Waals surface area contributed by atoms with Crippen molar-refractivity contribution in [2.24, 2.45) is 5.73 Å². The van der Waals surface area contributed by atoms with Gasteiger partial charge in [0, 0.05) is 51.1 Å². The number of carbonyl (C=O) groups is 1. The summed E-state index contributed by atoms with van der Waals surface area (Å²) in [6.45, 7) is 5.49. The second-order valence-electron chi connectivity index (χ2n) is 8.14. The van der Waals surface area contributed by atoms with E-state index < -0.39 is 6.03 Å². The molecule has 0 atom stereocenters. The van der Waals surface area contributed by atoms with E-state index in [-0.39, 0.29) is 0 Å². The van der Waals surface area contributed by atoms with Crippen LogP contribution in [-0.2, 0) is 0 Å². The van der Waals surface area contributed by atoms with E-state index in [0.717, 1.165) is 68.3 Å². The van der Waals surface area contributed by atoms with Crippen LogP contribution in [0.2, 0.25) is 0 Å². The van der Waals surface area contributed by atoms with Crippen molar-refractivity contribution in [3.05, 3.63) is 48.7 Å². The average molecular weight is 453 g/mol. The van der Waals surface area contributed by atoms with E-state index >= 15 is 0 Å². The number of piperazine rings is 1. The van der Waals surface area contributed by atoms with E-state index in [4.69, 9.17) is 15.2 Å². The fourth-order valence-corrected chi connectivity index (χ4v) is 4.27. The lowest BCUT2D eigenvalue weighted by atomic mass is 10.2. The molecule has 0 aliphatic carbocycles. The number of methoxy groups -OCH3 is 2. The van der Waals surface area contributed by atoms with Gasteiger partial charge in [-0.1, -0.05) is 12.1 Å². The lowest BCUT2D eigenvalue weighted by Gasteiger charge is -2.36. The van der Waals surface area contributed by atoms with E-state index in [2.05, 4.69) is 21.0 Å². The van der Waals surface area contributed by atoms with Crippen LogP contribution in [0, 0.1) is 0 Å². The first-order chi connectivity index (χ1) is 16.1. The minimum absolute atomic E-state index is 0.490. The van der Waals surface area contributed by atoms with Gasteiger partial charge in [-0.05, 0) is 37.6 Å². The summed E-state index contributed by atoms with van der Waals surface area (Å²) < 4.78 is 12.5. The summed E-state index contributed by atoms with van der Waals surface area (Å²) in [6, 6.07) is 13.2. The first-order valence-corrected chi connectivity index (χ1v) is 11.3. The van der Waals surface area contributed by atoms with E-state index in [9.17, 15) is 4.79 Å². The summed E-state index contributed by atoms with van der Waals surface area (Å²) in [5, 5.41) is 4.49. The van der Waals surface area contributed by atoms with Gasteiger partial charge in [-0.3, -0.25) is 9.80 Å². The minimum atomic E-state index is -0.490. The molecule has 0 unspecified atom stereocenters. The molecule has 3 aromatic rings. The number of ether oxygens (including phenoxy) is 2. The Morgan fingerprint density at radius 1 is 1.06 bits per heavy atom. The number of urea groups is 1. The molecular weight excluding hydrogens is 420 g/mol. The molecule has 3 heterocycles. The van der Waals surface area contributed by atoms with Gasteiger partial charge < -0.3 is 20.1 Å². The van der Waals surface area contributed by atoms with E-state index in [1.165, 1.54) is 0 Å². The van der Waals surface area contributed by atoms with E-state index in [0.29, 0.717) is 12.4 Å². The maximum Gasteiger partial charge on any atom is 0.320 e. The highest BCUT2D eigenvalue weighted by molar-refractivity contribution is 5.90. The Kier molecular flexibility index (Phi) is 7.19. The fourth-order valence-electron chi connectivity index (χ4n) is 4.27. The molecule has 2 aromatic heterocycles. The summed E-state index contributed by atoms with van der Waals surface area (Å²) in [6.07, 6.45) is 3.65. The minimum Gasteiger partial charge on any atom is -0.497 e. The topological polar surface area (TPSA) is 88.6 Å². The maximum absolute atomic E-state index is 12.1. The molecule has 1 aromatic carbocycles. The Balaban J connectivity index is 1.26. The van der Waals surface area contributed by atoms with Gasteiger partial charge in [0.05, 0.1) is 25.4 Å². The van der Waals surface area contributed by atoms with Crippen LogP contribution in [0.5, 0.6) is 11.5 Å². The number of unbranched alkanes of at least 4 members (excludes halogenated alkanes) is 1. The lowest BCUT2D eigenvalue weighted by Crippen LogP contribution is -2.46. The van der Waals surface area contributed by atoms with Crippen LogP contribution in [0.25, 0.3) is 5.52 Å². The number of aromatic nitrogens is 2. The highest BCUT2D eigenvalue weighted by Gasteiger charge is 2.20. The van der Waals surface area contributed by atoms with Gasteiger partial charge in [0.15, 0.2) is 5.82 Å². The summed E-state index contributed by atoms with van der Waals surface area (Å²) >= 11 is 0. The van der Waals surface area contributed by atoms with Crippen molar-refractivity contribution in [1.82, 2.24) is 14.5 Å². The number of rotatable bonds is 9. The van der Waals surface area contributed by atoms with Crippen LogP contribution < -0.4 is 25.0 Å². The first-order valence-electron chi connectivity index (χ1n) is 11.3. The highest BCUT2D eigenvalue weighted by atomic mass is 16.5. The van der Waals surface area contributed by atoms with Gasteiger partial charge >= 0.3 is 6.03 Å². The summed E-state index contributed by atoms with van der Waals surface area (Å²) in [4.78, 5) is 18.5. The van der Waals surface area contributed by atoms with Crippen molar-refractivity contribution in [2.45, 2.75) is 12.8 Å². The van der Waals surface area contributed by atoms with Crippen LogP contribution in [0.4, 0.5) is 16.3 Å². The van der Waals surface area contributed by atoms with Crippen LogP contribution in [0.15, 0.2) is 48.7 Å². The van der Waals surface area contributed by atoms with Gasteiger partial charge in [0.25, 0.3) is 0 Å². The quantitative estimate of drug-likeness (QED) is 0.502. The highest BCUT2D eigenvalue weighted by Crippen LogP contribution is 2.28. The Labute approximate surface area is 194 Å². The fraction of sp³-hybridized carbons (Fsp3) is 0.417. The normalized spacial score (nSPS) is 14.4. The van der Waals surface area contributed by atoms with Gasteiger partial charge in [-0.25, -0.2) is 9.31 Å². The summed E-state index contributed by atoms with van der Waals surface area (Å²) in [5.41, 5.74) is 7.66. The number of benzene rings is 1. The van der Waals surface area contributed by atoms with Crippen molar-refractivity contribution in [3.8, 4) is 11.5 Å². The monoisotopic (exact) mass is 452 g/mol. The molecule has 1 saturated heterocycles. The number of nitrogens with two attached hydrogens (primary N) is 1. The van der Waals surface area contributed by atoms with E-state index in [1.54, 1.807) is 23.6 Å². The standard InChI is InChI=1S/C24H32N6O3/c1-32-20-9-12-30-19(17-20)18-23(26-30)29(24(25)31)11-6-5-10-27-13-15-28(16-14-27)21-7-3-4-8-22(21)33-2/h3-4,7-9,12,17-18H,5-6,10-11,13-16H2,1-2H3,(H2,25,31). The molecule has 0 spiro atoms.